The van der Waals surface area contributed by atoms with Gasteiger partial charge in [0.25, 0.3) is 0 Å². The Balaban J connectivity index is 1.06. The molecule has 1 aliphatic carbocycles. The normalized spacial score (nSPS) is 43.3. The first-order valence-corrected chi connectivity index (χ1v) is 16.6. The number of hydrogen-bond donors (Lipinski definition) is 5. The van der Waals surface area contributed by atoms with Gasteiger partial charge in [0.1, 0.15) is 12.1 Å². The average Bonchev–Trinajstić information content (AvgIpc) is 3.58. The van der Waals surface area contributed by atoms with Crippen molar-refractivity contribution in [2.24, 2.45) is 11.7 Å². The summed E-state index contributed by atoms with van der Waals surface area (Å²) in [6, 6.07) is 0.0957. The highest BCUT2D eigenvalue weighted by Crippen LogP contribution is 2.47. The molecule has 8 unspecified atom stereocenters. The predicted molar refractivity (Wildman–Crippen MR) is 152 cm³/mol. The van der Waals surface area contributed by atoms with Crippen molar-refractivity contribution in [1.82, 2.24) is 20.9 Å². The molecule has 5 fully saturated rings. The molecule has 1 amide bonds. The van der Waals surface area contributed by atoms with E-state index in [0.29, 0.717) is 37.5 Å². The standard InChI is InChI=1S/C27H43N5O5S2/c28-27(35)24-19(9-15(12-29-24)30-18-3-1-2-4-20(18)33)31-16-10-22(38-14-16)17-13-37-25-21(34)11-23(39-26(17)25)32-5-7-36-8-6-32/h11,15-20,22,24-26,29-31,33H,1-10,12-14H2,(H2,28,35)/t15?,16?,17?,18-,19?,20+,22?,24?,25?,26?/m1/s1. The van der Waals surface area contributed by atoms with Crippen LogP contribution in [0.1, 0.15) is 38.5 Å². The monoisotopic (exact) mass is 581 g/mol. The number of nitrogens with zero attached hydrogens (tertiary/aromatic N) is 1. The molecular formula is C27H43N5O5S2. The molecule has 6 rings (SSSR count). The quantitative estimate of drug-likeness (QED) is 0.273. The lowest BCUT2D eigenvalue weighted by Gasteiger charge is -2.40. The zero-order valence-electron chi connectivity index (χ0n) is 22.5. The Morgan fingerprint density at radius 3 is 2.72 bits per heavy atom. The van der Waals surface area contributed by atoms with E-state index in [1.54, 1.807) is 6.08 Å². The molecule has 5 heterocycles. The van der Waals surface area contributed by atoms with Gasteiger partial charge in [0.05, 0.1) is 36.2 Å². The van der Waals surface area contributed by atoms with E-state index in [1.165, 1.54) is 0 Å². The van der Waals surface area contributed by atoms with Crippen LogP contribution in [-0.4, -0.2) is 120 Å². The maximum Gasteiger partial charge on any atom is 0.236 e. The molecule has 218 valence electrons. The number of amides is 1. The fraction of sp³-hybridized carbons (Fsp3) is 0.852. The zero-order chi connectivity index (χ0) is 26.9. The summed E-state index contributed by atoms with van der Waals surface area (Å²) < 4.78 is 11.6. The number of ketones is 1. The number of aliphatic hydroxyl groups is 1. The van der Waals surface area contributed by atoms with Gasteiger partial charge >= 0.3 is 0 Å². The lowest BCUT2D eigenvalue weighted by molar-refractivity contribution is -0.123. The van der Waals surface area contributed by atoms with Gasteiger partial charge in [-0.25, -0.2) is 0 Å². The van der Waals surface area contributed by atoms with Crippen molar-refractivity contribution in [1.29, 1.82) is 0 Å². The number of morpholine rings is 1. The van der Waals surface area contributed by atoms with Crippen molar-refractivity contribution >= 4 is 35.2 Å². The third kappa shape index (κ3) is 6.33. The Kier molecular flexibility index (Phi) is 9.11. The largest absolute Gasteiger partial charge is 0.392 e. The number of primary amides is 1. The number of carbonyl (C=O) groups excluding carboxylic acids is 2. The van der Waals surface area contributed by atoms with Crippen LogP contribution in [0.3, 0.4) is 0 Å². The summed E-state index contributed by atoms with van der Waals surface area (Å²) in [7, 11) is 0. The molecular weight excluding hydrogens is 538 g/mol. The van der Waals surface area contributed by atoms with Gasteiger partial charge < -0.3 is 41.2 Å². The fourth-order valence-electron chi connectivity index (χ4n) is 7.18. The Morgan fingerprint density at radius 1 is 1.13 bits per heavy atom. The molecule has 0 radical (unpaired) electrons. The Labute approximate surface area is 239 Å². The number of nitrogens with one attached hydrogen (secondary N) is 3. The van der Waals surface area contributed by atoms with Crippen molar-refractivity contribution in [3.05, 3.63) is 11.1 Å². The molecule has 12 heteroatoms. The number of nitrogens with two attached hydrogens (primary N) is 1. The molecule has 6 aliphatic rings. The first-order valence-electron chi connectivity index (χ1n) is 14.7. The first-order chi connectivity index (χ1) is 19.0. The van der Waals surface area contributed by atoms with E-state index in [1.807, 2.05) is 23.5 Å². The van der Waals surface area contributed by atoms with Crippen LogP contribution in [0, 0.1) is 5.92 Å². The lowest BCUT2D eigenvalue weighted by atomic mass is 9.89. The van der Waals surface area contributed by atoms with E-state index in [4.69, 9.17) is 15.2 Å². The molecule has 10 nitrogen and oxygen atoms in total. The predicted octanol–water partition coefficient (Wildman–Crippen LogP) is -0.199. The number of fused-ring (bicyclic) bond motifs is 1. The van der Waals surface area contributed by atoms with Crippen LogP contribution in [0.2, 0.25) is 0 Å². The van der Waals surface area contributed by atoms with E-state index in [2.05, 4.69) is 20.9 Å². The molecule has 6 N–H and O–H groups in total. The maximum absolute atomic E-state index is 12.9. The molecule has 0 aromatic heterocycles. The molecule has 4 saturated heterocycles. The SMILES string of the molecule is NC(=O)C1NCC(N[C@@H]2CCCC[C@@H]2O)CC1NC1CSC(C2COC3C(=O)C=C(N4CCOCC4)SC32)C1. The van der Waals surface area contributed by atoms with Crippen LogP contribution in [0.15, 0.2) is 11.1 Å². The molecule has 10 atom stereocenters. The minimum atomic E-state index is -0.407. The second-order valence-corrected chi connectivity index (χ2v) is 14.4. The number of piperidine rings is 1. The second kappa shape index (κ2) is 12.6. The summed E-state index contributed by atoms with van der Waals surface area (Å²) in [6.07, 6.45) is 6.98. The Bertz CT molecular complexity index is 936. The first kappa shape index (κ1) is 28.3. The zero-order valence-corrected chi connectivity index (χ0v) is 24.1. The number of carbonyl (C=O) groups is 2. The molecule has 0 aromatic rings. The third-order valence-corrected chi connectivity index (χ3v) is 12.3. The van der Waals surface area contributed by atoms with Gasteiger partial charge in [0, 0.05) is 66.8 Å². The Morgan fingerprint density at radius 2 is 1.92 bits per heavy atom. The van der Waals surface area contributed by atoms with Gasteiger partial charge in [-0.2, -0.15) is 11.8 Å². The number of hydrogen-bond acceptors (Lipinski definition) is 11. The fourth-order valence-corrected chi connectivity index (χ4v) is 10.4. The molecule has 39 heavy (non-hydrogen) atoms. The van der Waals surface area contributed by atoms with Crippen LogP contribution < -0.4 is 21.7 Å². The highest BCUT2D eigenvalue weighted by atomic mass is 32.2. The molecule has 1 saturated carbocycles. The summed E-state index contributed by atoms with van der Waals surface area (Å²) in [5, 5.41) is 22.9. The van der Waals surface area contributed by atoms with Crippen LogP contribution in [-0.2, 0) is 19.1 Å². The van der Waals surface area contributed by atoms with Crippen LogP contribution >= 0.6 is 23.5 Å². The highest BCUT2D eigenvalue weighted by Gasteiger charge is 2.50. The van der Waals surface area contributed by atoms with Crippen LogP contribution in [0.5, 0.6) is 0 Å². The number of rotatable bonds is 7. The van der Waals surface area contributed by atoms with Gasteiger partial charge in [-0.3, -0.25) is 9.59 Å². The highest BCUT2D eigenvalue weighted by molar-refractivity contribution is 8.04. The minimum absolute atomic E-state index is 0.0621. The van der Waals surface area contributed by atoms with Crippen molar-refractivity contribution < 1.29 is 24.2 Å². The topological polar surface area (TPSA) is 138 Å². The summed E-state index contributed by atoms with van der Waals surface area (Å²) in [5.74, 6) is 1.05. The smallest absolute Gasteiger partial charge is 0.236 e. The van der Waals surface area contributed by atoms with Crippen molar-refractivity contribution in [3.63, 3.8) is 0 Å². The lowest BCUT2D eigenvalue weighted by Crippen LogP contribution is -2.66. The summed E-state index contributed by atoms with van der Waals surface area (Å²) in [6.45, 7) is 4.34. The third-order valence-electron chi connectivity index (χ3n) is 9.28. The summed E-state index contributed by atoms with van der Waals surface area (Å²) >= 11 is 3.78. The van der Waals surface area contributed by atoms with Gasteiger partial charge in [0.15, 0.2) is 5.78 Å². The molecule has 0 spiro atoms. The van der Waals surface area contributed by atoms with E-state index in [-0.39, 0.29) is 53.3 Å². The van der Waals surface area contributed by atoms with E-state index in [9.17, 15) is 14.7 Å². The number of ether oxygens (including phenoxy) is 2. The minimum Gasteiger partial charge on any atom is -0.392 e. The molecule has 5 aliphatic heterocycles. The van der Waals surface area contributed by atoms with Gasteiger partial charge in [-0.1, -0.05) is 12.8 Å². The van der Waals surface area contributed by atoms with E-state index in [0.717, 1.165) is 62.4 Å². The van der Waals surface area contributed by atoms with Gasteiger partial charge in [-0.05, 0) is 25.7 Å². The van der Waals surface area contributed by atoms with E-state index >= 15 is 0 Å². The van der Waals surface area contributed by atoms with Gasteiger partial charge in [0.2, 0.25) is 5.91 Å². The number of thioether (sulfide) groups is 2. The van der Waals surface area contributed by atoms with Crippen molar-refractivity contribution in [2.45, 2.75) is 91.4 Å². The molecule has 0 bridgehead atoms. The van der Waals surface area contributed by atoms with Crippen LogP contribution in [0.4, 0.5) is 0 Å². The summed E-state index contributed by atoms with van der Waals surface area (Å²) in [5.41, 5.74) is 5.80. The van der Waals surface area contributed by atoms with Crippen LogP contribution in [0.25, 0.3) is 0 Å². The van der Waals surface area contributed by atoms with Crippen molar-refractivity contribution in [3.8, 4) is 0 Å². The van der Waals surface area contributed by atoms with E-state index < -0.39 is 6.04 Å². The molecule has 0 aromatic carbocycles. The Hall–Kier alpha value is -0.860. The second-order valence-electron chi connectivity index (χ2n) is 11.9. The summed E-state index contributed by atoms with van der Waals surface area (Å²) in [4.78, 5) is 27.5. The number of aliphatic hydroxyl groups excluding tert-OH is 1. The maximum atomic E-state index is 12.9. The average molecular weight is 582 g/mol. The van der Waals surface area contributed by atoms with Crippen molar-refractivity contribution in [2.75, 3.05) is 45.2 Å². The van der Waals surface area contributed by atoms with Gasteiger partial charge in [-0.15, -0.1) is 11.8 Å².